The lowest BCUT2D eigenvalue weighted by Gasteiger charge is -2.21. The zero-order chi connectivity index (χ0) is 19.8. The van der Waals surface area contributed by atoms with Gasteiger partial charge < -0.3 is 15.0 Å². The third-order valence-electron chi connectivity index (χ3n) is 3.96. The number of nitrogens with zero attached hydrogens (tertiary/aromatic N) is 1. The van der Waals surface area contributed by atoms with Crippen LogP contribution in [0.4, 0.5) is 10.1 Å². The molecule has 2 amide bonds. The van der Waals surface area contributed by atoms with Crippen molar-refractivity contribution in [2.75, 3.05) is 18.6 Å². The molecule has 142 valence electrons. The second-order valence-corrected chi connectivity index (χ2v) is 5.83. The van der Waals surface area contributed by atoms with Crippen LogP contribution in [0.5, 0.6) is 0 Å². The molecule has 2 rings (SSSR count). The van der Waals surface area contributed by atoms with Gasteiger partial charge in [-0.2, -0.15) is 0 Å². The molecule has 0 fully saturated rings. The van der Waals surface area contributed by atoms with Gasteiger partial charge in [-0.1, -0.05) is 24.3 Å². The molecule has 1 N–H and O–H groups in total. The van der Waals surface area contributed by atoms with E-state index in [1.54, 1.807) is 36.4 Å². The minimum Gasteiger partial charge on any atom is -0.465 e. The monoisotopic (exact) mass is 372 g/mol. The van der Waals surface area contributed by atoms with Crippen LogP contribution < -0.4 is 10.2 Å². The fourth-order valence-corrected chi connectivity index (χ4v) is 2.52. The highest BCUT2D eigenvalue weighted by Crippen LogP contribution is 2.17. The molecule has 2 aromatic carbocycles. The number of hydrogen-bond donors (Lipinski definition) is 1. The van der Waals surface area contributed by atoms with Crippen LogP contribution in [0.25, 0.3) is 0 Å². The Labute approximate surface area is 156 Å². The van der Waals surface area contributed by atoms with Gasteiger partial charge in [-0.25, -0.2) is 9.18 Å². The Morgan fingerprint density at radius 1 is 1.11 bits per heavy atom. The van der Waals surface area contributed by atoms with E-state index in [2.05, 4.69) is 10.1 Å². The lowest BCUT2D eigenvalue weighted by molar-refractivity contribution is -0.121. The van der Waals surface area contributed by atoms with Gasteiger partial charge in [0, 0.05) is 37.7 Å². The molecule has 27 heavy (non-hydrogen) atoms. The Hall–Kier alpha value is -3.22. The standard InChI is InChI=1S/C20H21FN2O4/c1-14(24)23(17-8-5-7-15(12-17)20(26)27-2)11-10-19(25)22-13-16-6-3-4-9-18(16)21/h3-9,12H,10-11,13H2,1-2H3,(H,22,25). The van der Waals surface area contributed by atoms with E-state index < -0.39 is 5.97 Å². The van der Waals surface area contributed by atoms with Gasteiger partial charge in [0.2, 0.25) is 11.8 Å². The highest BCUT2D eigenvalue weighted by atomic mass is 19.1. The molecule has 0 aliphatic heterocycles. The topological polar surface area (TPSA) is 75.7 Å². The number of anilines is 1. The lowest BCUT2D eigenvalue weighted by atomic mass is 10.1. The fourth-order valence-electron chi connectivity index (χ4n) is 2.52. The van der Waals surface area contributed by atoms with E-state index in [4.69, 9.17) is 0 Å². The average Bonchev–Trinajstić information content (AvgIpc) is 2.67. The van der Waals surface area contributed by atoms with Crippen molar-refractivity contribution in [3.63, 3.8) is 0 Å². The molecule has 0 saturated carbocycles. The summed E-state index contributed by atoms with van der Waals surface area (Å²) < 4.78 is 18.2. The summed E-state index contributed by atoms with van der Waals surface area (Å²) in [4.78, 5) is 37.1. The van der Waals surface area contributed by atoms with E-state index in [0.717, 1.165) is 0 Å². The van der Waals surface area contributed by atoms with Crippen LogP contribution in [0.2, 0.25) is 0 Å². The first-order valence-electron chi connectivity index (χ1n) is 8.39. The molecule has 6 nitrogen and oxygen atoms in total. The third kappa shape index (κ3) is 5.64. The maximum absolute atomic E-state index is 13.6. The average molecular weight is 372 g/mol. The van der Waals surface area contributed by atoms with Crippen molar-refractivity contribution in [2.45, 2.75) is 19.9 Å². The van der Waals surface area contributed by atoms with Crippen LogP contribution in [0.15, 0.2) is 48.5 Å². The molecular weight excluding hydrogens is 351 g/mol. The molecule has 0 aliphatic rings. The zero-order valence-corrected chi connectivity index (χ0v) is 15.2. The molecule has 0 saturated heterocycles. The Morgan fingerprint density at radius 3 is 2.52 bits per heavy atom. The molecule has 0 heterocycles. The van der Waals surface area contributed by atoms with E-state index in [1.165, 1.54) is 31.1 Å². The summed E-state index contributed by atoms with van der Waals surface area (Å²) in [7, 11) is 1.28. The van der Waals surface area contributed by atoms with Crippen molar-refractivity contribution >= 4 is 23.5 Å². The first-order valence-corrected chi connectivity index (χ1v) is 8.39. The van der Waals surface area contributed by atoms with E-state index in [9.17, 15) is 18.8 Å². The normalized spacial score (nSPS) is 10.2. The van der Waals surface area contributed by atoms with E-state index in [-0.39, 0.29) is 37.1 Å². The minimum absolute atomic E-state index is 0.0382. The molecule has 0 spiro atoms. The first-order chi connectivity index (χ1) is 12.9. The van der Waals surface area contributed by atoms with Crippen molar-refractivity contribution in [1.82, 2.24) is 5.32 Å². The van der Waals surface area contributed by atoms with Crippen molar-refractivity contribution in [2.24, 2.45) is 0 Å². The number of ether oxygens (including phenoxy) is 1. The highest BCUT2D eigenvalue weighted by Gasteiger charge is 2.16. The number of halogens is 1. The second kappa shape index (κ2) is 9.47. The fraction of sp³-hybridized carbons (Fsp3) is 0.250. The number of rotatable bonds is 7. The summed E-state index contributed by atoms with van der Waals surface area (Å²) in [6.45, 7) is 1.58. The number of carbonyl (C=O) groups is 3. The quantitative estimate of drug-likeness (QED) is 0.758. The summed E-state index contributed by atoms with van der Waals surface area (Å²) in [6.07, 6.45) is 0.0382. The molecule has 0 aromatic heterocycles. The summed E-state index contributed by atoms with van der Waals surface area (Å²) in [5.74, 6) is -1.47. The molecule has 0 atom stereocenters. The van der Waals surface area contributed by atoms with Gasteiger partial charge in [-0.15, -0.1) is 0 Å². The summed E-state index contributed by atoms with van der Waals surface area (Å²) >= 11 is 0. The number of amides is 2. The van der Waals surface area contributed by atoms with Crippen LogP contribution in [0.1, 0.15) is 29.3 Å². The van der Waals surface area contributed by atoms with Crippen LogP contribution in [0.3, 0.4) is 0 Å². The van der Waals surface area contributed by atoms with Gasteiger partial charge in [-0.05, 0) is 24.3 Å². The molecule has 0 radical (unpaired) electrons. The molecule has 0 unspecified atom stereocenters. The van der Waals surface area contributed by atoms with Crippen LogP contribution in [0, 0.1) is 5.82 Å². The second-order valence-electron chi connectivity index (χ2n) is 5.83. The molecule has 7 heteroatoms. The van der Waals surface area contributed by atoms with Gasteiger partial charge >= 0.3 is 5.97 Å². The van der Waals surface area contributed by atoms with Gasteiger partial charge in [0.15, 0.2) is 0 Å². The number of carbonyl (C=O) groups excluding carboxylic acids is 3. The van der Waals surface area contributed by atoms with Gasteiger partial charge in [0.25, 0.3) is 0 Å². The Morgan fingerprint density at radius 2 is 1.85 bits per heavy atom. The number of esters is 1. The maximum atomic E-state index is 13.6. The molecule has 0 aliphatic carbocycles. The van der Waals surface area contributed by atoms with E-state index in [1.807, 2.05) is 0 Å². The van der Waals surface area contributed by atoms with E-state index >= 15 is 0 Å². The van der Waals surface area contributed by atoms with Gasteiger partial charge in [-0.3, -0.25) is 9.59 Å². The van der Waals surface area contributed by atoms with Crippen LogP contribution in [-0.4, -0.2) is 31.4 Å². The largest absolute Gasteiger partial charge is 0.465 e. The number of nitrogens with one attached hydrogen (secondary N) is 1. The summed E-state index contributed by atoms with van der Waals surface area (Å²) in [5.41, 5.74) is 1.19. The SMILES string of the molecule is COC(=O)c1cccc(N(CCC(=O)NCc2ccccc2F)C(C)=O)c1. The summed E-state index contributed by atoms with van der Waals surface area (Å²) in [6, 6.07) is 12.6. The molecule has 2 aromatic rings. The predicted molar refractivity (Wildman–Crippen MR) is 98.7 cm³/mol. The minimum atomic E-state index is -0.511. The summed E-state index contributed by atoms with van der Waals surface area (Å²) in [5, 5.41) is 2.63. The van der Waals surface area contributed by atoms with Crippen LogP contribution >= 0.6 is 0 Å². The predicted octanol–water partition coefficient (Wildman–Crippen LogP) is 2.67. The number of benzene rings is 2. The Bertz CT molecular complexity index is 838. The first kappa shape index (κ1) is 20.1. The number of methoxy groups -OCH3 is 1. The number of hydrogen-bond acceptors (Lipinski definition) is 4. The van der Waals surface area contributed by atoms with Gasteiger partial charge in [0.1, 0.15) is 5.82 Å². The molecular formula is C20H21FN2O4. The Kier molecular flexibility index (Phi) is 7.05. The lowest BCUT2D eigenvalue weighted by Crippen LogP contribution is -2.34. The van der Waals surface area contributed by atoms with Crippen molar-refractivity contribution < 1.29 is 23.5 Å². The van der Waals surface area contributed by atoms with Gasteiger partial charge in [0.05, 0.1) is 12.7 Å². The highest BCUT2D eigenvalue weighted by molar-refractivity contribution is 5.95. The van der Waals surface area contributed by atoms with Crippen molar-refractivity contribution in [1.29, 1.82) is 0 Å². The molecule has 0 bridgehead atoms. The van der Waals surface area contributed by atoms with E-state index in [0.29, 0.717) is 16.8 Å². The Balaban J connectivity index is 1.98. The smallest absolute Gasteiger partial charge is 0.337 e. The van der Waals surface area contributed by atoms with Crippen LogP contribution in [-0.2, 0) is 20.9 Å². The maximum Gasteiger partial charge on any atom is 0.337 e. The zero-order valence-electron chi connectivity index (χ0n) is 15.2. The third-order valence-corrected chi connectivity index (χ3v) is 3.96. The van der Waals surface area contributed by atoms with Crippen molar-refractivity contribution in [3.05, 3.63) is 65.5 Å². The van der Waals surface area contributed by atoms with Crippen molar-refractivity contribution in [3.8, 4) is 0 Å².